The maximum atomic E-state index is 11.7. The molecule has 1 aliphatic heterocycles. The van der Waals surface area contributed by atoms with Crippen molar-refractivity contribution in [3.05, 3.63) is 0 Å². The molecule has 2 atom stereocenters. The van der Waals surface area contributed by atoms with Gasteiger partial charge in [0.25, 0.3) is 0 Å². The average molecular weight is 286 g/mol. The van der Waals surface area contributed by atoms with Crippen LogP contribution >= 0.6 is 17.0 Å². The summed E-state index contributed by atoms with van der Waals surface area (Å²) in [5.41, 5.74) is 0. The summed E-state index contributed by atoms with van der Waals surface area (Å²) >= 11 is 11.5. The van der Waals surface area contributed by atoms with Gasteiger partial charge in [-0.2, -0.15) is 0 Å². The minimum atomic E-state index is -2.54. The highest BCUT2D eigenvalue weighted by molar-refractivity contribution is 8.23. The molecule has 0 aromatic heterocycles. The quantitative estimate of drug-likeness (QED) is 0.573. The van der Waals surface area contributed by atoms with Gasteiger partial charge in [-0.15, -0.1) is 0 Å². The van der Waals surface area contributed by atoms with Gasteiger partial charge in [0.2, 0.25) is 5.77 Å². The molecule has 94 valence electrons. The van der Waals surface area contributed by atoms with Gasteiger partial charge in [0.05, 0.1) is 13.2 Å². The van der Waals surface area contributed by atoms with Crippen molar-refractivity contribution in [1.82, 2.24) is 4.67 Å². The fourth-order valence-electron chi connectivity index (χ4n) is 1.75. The van der Waals surface area contributed by atoms with E-state index in [2.05, 4.69) is 0 Å². The molecule has 1 fully saturated rings. The number of carbonyl (C=O) groups is 1. The number of ether oxygens (including phenoxy) is 1. The van der Waals surface area contributed by atoms with Crippen LogP contribution in [0.4, 0.5) is 0 Å². The number of esters is 1. The van der Waals surface area contributed by atoms with Crippen LogP contribution in [0.25, 0.3) is 0 Å². The van der Waals surface area contributed by atoms with Gasteiger partial charge in [-0.1, -0.05) is 0 Å². The topological polar surface area (TPSA) is 38.8 Å². The van der Waals surface area contributed by atoms with Crippen LogP contribution in [0.3, 0.4) is 0 Å². The summed E-state index contributed by atoms with van der Waals surface area (Å²) in [5.74, 6) is -2.78. The SMILES string of the molecule is CCOC(=O)C1CCCN1P(=S)(Cl)OCC. The summed E-state index contributed by atoms with van der Waals surface area (Å²) in [4.78, 5) is 11.7. The van der Waals surface area contributed by atoms with Crippen LogP contribution in [0.5, 0.6) is 0 Å². The Labute approximate surface area is 106 Å². The van der Waals surface area contributed by atoms with Crippen LogP contribution in [-0.2, 0) is 25.9 Å². The number of rotatable bonds is 5. The van der Waals surface area contributed by atoms with Gasteiger partial charge in [0, 0.05) is 6.54 Å². The lowest BCUT2D eigenvalue weighted by Crippen LogP contribution is -2.34. The first-order valence-corrected chi connectivity index (χ1v) is 8.98. The minimum Gasteiger partial charge on any atom is -0.465 e. The maximum absolute atomic E-state index is 11.7. The first kappa shape index (κ1) is 14.4. The Morgan fingerprint density at radius 3 is 2.81 bits per heavy atom. The zero-order valence-electron chi connectivity index (χ0n) is 9.52. The van der Waals surface area contributed by atoms with Gasteiger partial charge >= 0.3 is 5.97 Å². The molecule has 0 N–H and O–H groups in total. The fourth-order valence-corrected chi connectivity index (χ4v) is 4.88. The number of hydrogen-bond acceptors (Lipinski definition) is 4. The molecule has 0 amide bonds. The van der Waals surface area contributed by atoms with Crippen LogP contribution in [0.15, 0.2) is 0 Å². The van der Waals surface area contributed by atoms with E-state index in [9.17, 15) is 4.79 Å². The molecule has 0 aliphatic carbocycles. The molecular weight excluding hydrogens is 269 g/mol. The van der Waals surface area contributed by atoms with Crippen LogP contribution in [0, 0.1) is 0 Å². The largest absolute Gasteiger partial charge is 0.465 e. The molecule has 1 aliphatic rings. The first-order chi connectivity index (χ1) is 7.53. The zero-order chi connectivity index (χ0) is 12.2. The van der Waals surface area contributed by atoms with E-state index in [0.29, 0.717) is 19.8 Å². The lowest BCUT2D eigenvalue weighted by Gasteiger charge is -2.29. The molecule has 0 radical (unpaired) electrons. The summed E-state index contributed by atoms with van der Waals surface area (Å²) in [5, 5.41) is 0. The molecule has 7 heteroatoms. The van der Waals surface area contributed by atoms with Crippen LogP contribution in [0.1, 0.15) is 26.7 Å². The van der Waals surface area contributed by atoms with Gasteiger partial charge < -0.3 is 9.26 Å². The third kappa shape index (κ3) is 3.41. The Bertz CT molecular complexity index is 302. The Hall–Kier alpha value is 0.330. The predicted molar refractivity (Wildman–Crippen MR) is 68.1 cm³/mol. The van der Waals surface area contributed by atoms with E-state index < -0.39 is 5.77 Å². The molecular formula is C9H17ClNO3PS. The summed E-state index contributed by atoms with van der Waals surface area (Å²) in [6.45, 7) is 5.19. The van der Waals surface area contributed by atoms with Crippen molar-refractivity contribution in [3.8, 4) is 0 Å². The van der Waals surface area contributed by atoms with Crippen molar-refractivity contribution in [3.63, 3.8) is 0 Å². The predicted octanol–water partition coefficient (Wildman–Crippen LogP) is 2.51. The normalized spacial score (nSPS) is 25.3. The van der Waals surface area contributed by atoms with Crippen molar-refractivity contribution < 1.29 is 14.1 Å². The molecule has 2 unspecified atom stereocenters. The lowest BCUT2D eigenvalue weighted by atomic mass is 10.2. The number of nitrogens with zero attached hydrogens (tertiary/aromatic N) is 1. The monoisotopic (exact) mass is 285 g/mol. The van der Waals surface area contributed by atoms with Gasteiger partial charge in [-0.3, -0.25) is 4.79 Å². The second kappa shape index (κ2) is 6.31. The second-order valence-electron chi connectivity index (χ2n) is 3.44. The minimum absolute atomic E-state index is 0.241. The highest BCUT2D eigenvalue weighted by atomic mass is 35.7. The molecule has 0 aromatic rings. The van der Waals surface area contributed by atoms with E-state index in [4.69, 9.17) is 32.3 Å². The average Bonchev–Trinajstić information content (AvgIpc) is 2.66. The third-order valence-corrected chi connectivity index (χ3v) is 5.87. The van der Waals surface area contributed by atoms with Gasteiger partial charge in [0.15, 0.2) is 0 Å². The van der Waals surface area contributed by atoms with Crippen molar-refractivity contribution in [2.45, 2.75) is 32.7 Å². The number of carbonyl (C=O) groups excluding carboxylic acids is 1. The van der Waals surface area contributed by atoms with E-state index in [1.165, 1.54) is 0 Å². The second-order valence-corrected chi connectivity index (χ2v) is 8.58. The Balaban J connectivity index is 2.72. The van der Waals surface area contributed by atoms with Crippen LogP contribution in [-0.4, -0.2) is 36.4 Å². The van der Waals surface area contributed by atoms with E-state index in [1.54, 1.807) is 11.6 Å². The van der Waals surface area contributed by atoms with Crippen molar-refractivity contribution in [2.75, 3.05) is 19.8 Å². The van der Waals surface area contributed by atoms with Crippen LogP contribution < -0.4 is 0 Å². The lowest BCUT2D eigenvalue weighted by molar-refractivity contribution is -0.146. The van der Waals surface area contributed by atoms with Gasteiger partial charge in [-0.05, 0) is 49.7 Å². The molecule has 1 rings (SSSR count). The van der Waals surface area contributed by atoms with Gasteiger partial charge in [0.1, 0.15) is 6.04 Å². The van der Waals surface area contributed by atoms with Crippen molar-refractivity contribution in [2.24, 2.45) is 0 Å². The third-order valence-electron chi connectivity index (χ3n) is 2.38. The Kier molecular flexibility index (Phi) is 5.68. The van der Waals surface area contributed by atoms with Crippen LogP contribution in [0.2, 0.25) is 0 Å². The van der Waals surface area contributed by atoms with E-state index >= 15 is 0 Å². The molecule has 0 bridgehead atoms. The first-order valence-electron chi connectivity index (χ1n) is 5.41. The summed E-state index contributed by atoms with van der Waals surface area (Å²) in [7, 11) is 0. The molecule has 0 saturated carbocycles. The van der Waals surface area contributed by atoms with E-state index in [1.807, 2.05) is 6.92 Å². The molecule has 4 nitrogen and oxygen atoms in total. The number of halogens is 1. The highest BCUT2D eigenvalue weighted by Gasteiger charge is 2.39. The highest BCUT2D eigenvalue weighted by Crippen LogP contribution is 2.59. The summed E-state index contributed by atoms with van der Waals surface area (Å²) in [6.07, 6.45) is 1.65. The van der Waals surface area contributed by atoms with E-state index in [0.717, 1.165) is 12.8 Å². The van der Waals surface area contributed by atoms with E-state index in [-0.39, 0.29) is 12.0 Å². The Morgan fingerprint density at radius 1 is 1.56 bits per heavy atom. The number of hydrogen-bond donors (Lipinski definition) is 0. The summed E-state index contributed by atoms with van der Waals surface area (Å²) in [6, 6.07) is -0.324. The fraction of sp³-hybridized carbons (Fsp3) is 0.889. The molecule has 1 saturated heterocycles. The smallest absolute Gasteiger partial charge is 0.323 e. The molecule has 16 heavy (non-hydrogen) atoms. The zero-order valence-corrected chi connectivity index (χ0v) is 12.0. The molecule has 0 spiro atoms. The van der Waals surface area contributed by atoms with Crippen molar-refractivity contribution in [1.29, 1.82) is 0 Å². The molecule has 0 aromatic carbocycles. The molecule has 1 heterocycles. The van der Waals surface area contributed by atoms with Crippen molar-refractivity contribution >= 4 is 34.8 Å². The van der Waals surface area contributed by atoms with Gasteiger partial charge in [-0.25, -0.2) is 4.67 Å². The summed E-state index contributed by atoms with van der Waals surface area (Å²) < 4.78 is 12.2. The maximum Gasteiger partial charge on any atom is 0.323 e. The Morgan fingerprint density at radius 2 is 2.25 bits per heavy atom. The standard InChI is InChI=1S/C9H17ClNO3PS/c1-3-13-9(12)8-6-5-7-11(8)15(10,16)14-4-2/h8H,3-7H2,1-2H3.